The number of carbonyl (C=O) groups is 3. The first-order chi connectivity index (χ1) is 17.0. The molecule has 3 amide bonds. The van der Waals surface area contributed by atoms with Crippen LogP contribution in [0.15, 0.2) is 78.9 Å². The molecule has 1 aliphatic rings. The maximum atomic E-state index is 12.8. The molecular weight excluding hydrogens is 464 g/mol. The summed E-state index contributed by atoms with van der Waals surface area (Å²) >= 11 is 1.33. The molecule has 35 heavy (non-hydrogen) atoms. The second-order valence-corrected chi connectivity index (χ2v) is 9.11. The highest BCUT2D eigenvalue weighted by atomic mass is 32.2. The number of imide groups is 1. The van der Waals surface area contributed by atoms with Crippen molar-refractivity contribution in [2.24, 2.45) is 0 Å². The third-order valence-electron chi connectivity index (χ3n) is 5.28. The van der Waals surface area contributed by atoms with Crippen LogP contribution in [0.1, 0.15) is 19.8 Å². The number of hydrogen-bond acceptors (Lipinski definition) is 6. The Labute approximate surface area is 208 Å². The van der Waals surface area contributed by atoms with E-state index < -0.39 is 5.25 Å². The van der Waals surface area contributed by atoms with Crippen molar-refractivity contribution < 1.29 is 23.9 Å². The lowest BCUT2D eigenvalue weighted by Gasteiger charge is -2.15. The van der Waals surface area contributed by atoms with E-state index in [4.69, 9.17) is 9.47 Å². The first-order valence-corrected chi connectivity index (χ1v) is 12.4. The van der Waals surface area contributed by atoms with Crippen molar-refractivity contribution >= 4 is 40.9 Å². The lowest BCUT2D eigenvalue weighted by molar-refractivity contribution is -0.121. The lowest BCUT2D eigenvalue weighted by atomic mass is 10.3. The predicted molar refractivity (Wildman–Crippen MR) is 137 cm³/mol. The van der Waals surface area contributed by atoms with Gasteiger partial charge in [0.05, 0.1) is 17.5 Å². The minimum atomic E-state index is -0.490. The van der Waals surface area contributed by atoms with Crippen molar-refractivity contribution in [3.8, 4) is 17.2 Å². The van der Waals surface area contributed by atoms with Gasteiger partial charge in [-0.2, -0.15) is 0 Å². The van der Waals surface area contributed by atoms with Crippen LogP contribution in [0.3, 0.4) is 0 Å². The smallest absolute Gasteiger partial charge is 0.247 e. The van der Waals surface area contributed by atoms with Gasteiger partial charge in [-0.1, -0.05) is 18.2 Å². The van der Waals surface area contributed by atoms with E-state index in [9.17, 15) is 14.4 Å². The van der Waals surface area contributed by atoms with Crippen LogP contribution in [0, 0.1) is 0 Å². The summed E-state index contributed by atoms with van der Waals surface area (Å²) in [6, 6.07) is 23.5. The minimum Gasteiger partial charge on any atom is -0.494 e. The summed E-state index contributed by atoms with van der Waals surface area (Å²) in [6.07, 6.45) is 0.356. The van der Waals surface area contributed by atoms with Gasteiger partial charge in [0.25, 0.3) is 0 Å². The number of nitrogens with one attached hydrogen (secondary N) is 1. The van der Waals surface area contributed by atoms with E-state index in [1.807, 2.05) is 37.3 Å². The number of para-hydroxylation sites is 1. The second kappa shape index (κ2) is 11.6. The van der Waals surface area contributed by atoms with E-state index >= 15 is 0 Å². The molecule has 1 fully saturated rings. The van der Waals surface area contributed by atoms with Gasteiger partial charge in [0.15, 0.2) is 0 Å². The van der Waals surface area contributed by atoms with Gasteiger partial charge in [0.1, 0.15) is 17.2 Å². The molecule has 0 bridgehead atoms. The largest absolute Gasteiger partial charge is 0.494 e. The normalized spacial score (nSPS) is 15.2. The fourth-order valence-corrected chi connectivity index (χ4v) is 4.71. The number of carbonyl (C=O) groups excluding carboxylic acids is 3. The molecule has 0 radical (unpaired) electrons. The number of thioether (sulfide) groups is 1. The van der Waals surface area contributed by atoms with Gasteiger partial charge < -0.3 is 14.8 Å². The molecule has 3 aromatic rings. The summed E-state index contributed by atoms with van der Waals surface area (Å²) in [7, 11) is 0. The molecule has 0 unspecified atom stereocenters. The minimum absolute atomic E-state index is 0.126. The van der Waals surface area contributed by atoms with Crippen molar-refractivity contribution in [1.82, 2.24) is 0 Å². The Hall–Kier alpha value is -3.78. The van der Waals surface area contributed by atoms with E-state index in [2.05, 4.69) is 5.32 Å². The van der Waals surface area contributed by atoms with Crippen LogP contribution in [0.25, 0.3) is 0 Å². The molecule has 4 rings (SSSR count). The molecule has 1 N–H and O–H groups in total. The quantitative estimate of drug-likeness (QED) is 0.390. The highest BCUT2D eigenvalue weighted by molar-refractivity contribution is 8.00. The summed E-state index contributed by atoms with van der Waals surface area (Å²) in [5, 5.41) is 2.36. The fourth-order valence-electron chi connectivity index (χ4n) is 3.61. The second-order valence-electron chi connectivity index (χ2n) is 7.80. The van der Waals surface area contributed by atoms with Crippen molar-refractivity contribution in [2.75, 3.05) is 22.6 Å². The molecule has 1 heterocycles. The van der Waals surface area contributed by atoms with Crippen LogP contribution in [0.2, 0.25) is 0 Å². The van der Waals surface area contributed by atoms with E-state index in [1.165, 1.54) is 16.7 Å². The molecule has 180 valence electrons. The fraction of sp³-hybridized carbons (Fsp3) is 0.222. The third-order valence-corrected chi connectivity index (χ3v) is 6.49. The maximum absolute atomic E-state index is 12.8. The molecule has 0 aromatic heterocycles. The first kappa shape index (κ1) is 24.3. The topological polar surface area (TPSA) is 84.9 Å². The van der Waals surface area contributed by atoms with Crippen molar-refractivity contribution in [3.05, 3.63) is 78.9 Å². The van der Waals surface area contributed by atoms with Crippen LogP contribution < -0.4 is 19.7 Å². The molecule has 7 nitrogen and oxygen atoms in total. The summed E-state index contributed by atoms with van der Waals surface area (Å²) < 4.78 is 11.2. The van der Waals surface area contributed by atoms with Gasteiger partial charge >= 0.3 is 0 Å². The van der Waals surface area contributed by atoms with Crippen LogP contribution in [0.5, 0.6) is 17.2 Å². The summed E-state index contributed by atoms with van der Waals surface area (Å²) in [5.74, 6) is 1.88. The van der Waals surface area contributed by atoms with E-state index in [1.54, 1.807) is 48.5 Å². The van der Waals surface area contributed by atoms with E-state index in [-0.39, 0.29) is 30.6 Å². The third kappa shape index (κ3) is 6.42. The highest BCUT2D eigenvalue weighted by Crippen LogP contribution is 2.31. The Balaban J connectivity index is 1.23. The van der Waals surface area contributed by atoms with E-state index in [0.29, 0.717) is 35.2 Å². The maximum Gasteiger partial charge on any atom is 0.247 e. The molecule has 0 aliphatic carbocycles. The zero-order chi connectivity index (χ0) is 24.6. The number of anilines is 2. The molecular formula is C27H26N2O5S. The molecule has 3 aromatic carbocycles. The Morgan fingerprint density at radius 2 is 1.60 bits per heavy atom. The number of rotatable bonds is 10. The summed E-state index contributed by atoms with van der Waals surface area (Å²) in [6.45, 7) is 2.43. The SMILES string of the molecule is CCOc1ccc(N2C(=O)C[C@@H](SCCC(=O)Nc3ccc(Oc4ccccc4)cc3)C2=O)cc1. The van der Waals surface area contributed by atoms with Gasteiger partial charge in [0, 0.05) is 24.3 Å². The molecule has 8 heteroatoms. The Bertz CT molecular complexity index is 1170. The van der Waals surface area contributed by atoms with Gasteiger partial charge in [-0.15, -0.1) is 11.8 Å². The zero-order valence-corrected chi connectivity index (χ0v) is 20.1. The number of hydrogen-bond donors (Lipinski definition) is 1. The molecule has 1 aliphatic heterocycles. The molecule has 0 saturated carbocycles. The van der Waals surface area contributed by atoms with Gasteiger partial charge in [-0.3, -0.25) is 14.4 Å². The lowest BCUT2D eigenvalue weighted by Crippen LogP contribution is -2.31. The van der Waals surface area contributed by atoms with Crippen molar-refractivity contribution in [2.45, 2.75) is 25.0 Å². The van der Waals surface area contributed by atoms with Crippen molar-refractivity contribution in [3.63, 3.8) is 0 Å². The van der Waals surface area contributed by atoms with Gasteiger partial charge in [-0.25, -0.2) is 4.90 Å². The predicted octanol–water partition coefficient (Wildman–Crippen LogP) is 5.27. The average Bonchev–Trinajstić information content (AvgIpc) is 3.14. The average molecular weight is 491 g/mol. The first-order valence-electron chi connectivity index (χ1n) is 11.4. The standard InChI is InChI=1S/C27H26N2O5S/c1-2-33-21-14-10-20(11-15-21)29-26(31)18-24(27(29)32)35-17-16-25(30)28-19-8-12-23(13-9-19)34-22-6-4-3-5-7-22/h3-15,24H,2,16-18H2,1H3,(H,28,30)/t24-/m1/s1. The summed E-state index contributed by atoms with van der Waals surface area (Å²) in [4.78, 5) is 38.8. The Morgan fingerprint density at radius 1 is 0.943 bits per heavy atom. The number of benzene rings is 3. The zero-order valence-electron chi connectivity index (χ0n) is 19.3. The summed E-state index contributed by atoms with van der Waals surface area (Å²) in [5.41, 5.74) is 1.19. The molecule has 1 saturated heterocycles. The molecule has 1 atom stereocenters. The van der Waals surface area contributed by atoms with Crippen LogP contribution in [0.4, 0.5) is 11.4 Å². The van der Waals surface area contributed by atoms with Crippen LogP contribution >= 0.6 is 11.8 Å². The number of nitrogens with zero attached hydrogens (tertiary/aromatic N) is 1. The van der Waals surface area contributed by atoms with Gasteiger partial charge in [-0.05, 0) is 67.6 Å². The van der Waals surface area contributed by atoms with E-state index in [0.717, 1.165) is 5.75 Å². The Kier molecular flexibility index (Phi) is 8.05. The van der Waals surface area contributed by atoms with Crippen LogP contribution in [-0.4, -0.2) is 35.3 Å². The van der Waals surface area contributed by atoms with Gasteiger partial charge in [0.2, 0.25) is 17.7 Å². The monoisotopic (exact) mass is 490 g/mol. The van der Waals surface area contributed by atoms with Crippen molar-refractivity contribution in [1.29, 1.82) is 0 Å². The highest BCUT2D eigenvalue weighted by Gasteiger charge is 2.39. The van der Waals surface area contributed by atoms with Crippen LogP contribution in [-0.2, 0) is 14.4 Å². The Morgan fingerprint density at radius 3 is 2.29 bits per heavy atom. The number of ether oxygens (including phenoxy) is 2. The number of amides is 3. The molecule has 0 spiro atoms.